The van der Waals surface area contributed by atoms with Crippen LogP contribution in [-0.4, -0.2) is 36.2 Å². The molecule has 1 atom stereocenters. The molecule has 28 heavy (non-hydrogen) atoms. The highest BCUT2D eigenvalue weighted by atomic mass is 19.1. The van der Waals surface area contributed by atoms with Crippen LogP contribution in [0.2, 0.25) is 0 Å². The molecule has 4 nitrogen and oxygen atoms in total. The Morgan fingerprint density at radius 3 is 2.54 bits per heavy atom. The average Bonchev–Trinajstić information content (AvgIpc) is 3.40. The van der Waals surface area contributed by atoms with Crippen LogP contribution >= 0.6 is 0 Å². The third-order valence-electron chi connectivity index (χ3n) is 5.17. The smallest absolute Gasteiger partial charge is 0.254 e. The minimum Gasteiger partial charge on any atom is -0.491 e. The van der Waals surface area contributed by atoms with E-state index in [1.165, 1.54) is 12.1 Å². The highest BCUT2D eigenvalue weighted by Gasteiger charge is 2.33. The van der Waals surface area contributed by atoms with Gasteiger partial charge in [0.1, 0.15) is 24.0 Å². The van der Waals surface area contributed by atoms with Crippen LogP contribution in [0.25, 0.3) is 0 Å². The number of halogens is 2. The topological polar surface area (TPSA) is 38.8 Å². The van der Waals surface area contributed by atoms with Crippen molar-refractivity contribution < 1.29 is 23.0 Å². The van der Waals surface area contributed by atoms with Gasteiger partial charge in [0, 0.05) is 36.4 Å². The summed E-state index contributed by atoms with van der Waals surface area (Å²) >= 11 is 0. The van der Waals surface area contributed by atoms with E-state index in [-0.39, 0.29) is 24.6 Å². The molecule has 0 radical (unpaired) electrons. The fraction of sp³-hybridized carbons (Fsp3) is 0.409. The first kappa shape index (κ1) is 18.9. The Balaban J connectivity index is 1.42. The molecule has 0 N–H and O–H groups in total. The molecule has 148 valence electrons. The molecule has 0 aromatic heterocycles. The van der Waals surface area contributed by atoms with Gasteiger partial charge in [-0.15, -0.1) is 0 Å². The SMILES string of the molecule is O=C(c1ccc(OCC2CCCO2)cc1)N(Cc1ccc(F)cc1F)C1CC1. The van der Waals surface area contributed by atoms with Crippen LogP contribution in [0.5, 0.6) is 5.75 Å². The van der Waals surface area contributed by atoms with Crippen LogP contribution in [-0.2, 0) is 11.3 Å². The van der Waals surface area contributed by atoms with Crippen molar-refractivity contribution in [1.82, 2.24) is 4.90 Å². The van der Waals surface area contributed by atoms with Gasteiger partial charge < -0.3 is 14.4 Å². The minimum absolute atomic E-state index is 0.104. The third-order valence-corrected chi connectivity index (χ3v) is 5.17. The molecule has 1 heterocycles. The van der Waals surface area contributed by atoms with E-state index in [9.17, 15) is 13.6 Å². The van der Waals surface area contributed by atoms with Crippen molar-refractivity contribution in [2.24, 2.45) is 0 Å². The number of rotatable bonds is 7. The van der Waals surface area contributed by atoms with Crippen molar-refractivity contribution in [2.75, 3.05) is 13.2 Å². The molecule has 1 saturated heterocycles. The van der Waals surface area contributed by atoms with Gasteiger partial charge in [0.05, 0.1) is 6.10 Å². The van der Waals surface area contributed by atoms with Crippen molar-refractivity contribution in [3.05, 3.63) is 65.2 Å². The van der Waals surface area contributed by atoms with E-state index in [0.717, 1.165) is 38.4 Å². The zero-order valence-electron chi connectivity index (χ0n) is 15.6. The molecule has 1 amide bonds. The molecule has 2 fully saturated rings. The zero-order valence-corrected chi connectivity index (χ0v) is 15.6. The Labute approximate surface area is 163 Å². The van der Waals surface area contributed by atoms with E-state index in [0.29, 0.717) is 23.5 Å². The van der Waals surface area contributed by atoms with Gasteiger partial charge in [0.15, 0.2) is 0 Å². The van der Waals surface area contributed by atoms with Crippen LogP contribution in [0, 0.1) is 11.6 Å². The molecular formula is C22H23F2NO3. The second-order valence-electron chi connectivity index (χ2n) is 7.37. The van der Waals surface area contributed by atoms with E-state index < -0.39 is 11.6 Å². The van der Waals surface area contributed by atoms with E-state index in [1.54, 1.807) is 29.2 Å². The number of hydrogen-bond donors (Lipinski definition) is 0. The highest BCUT2D eigenvalue weighted by Crippen LogP contribution is 2.30. The fourth-order valence-electron chi connectivity index (χ4n) is 3.41. The molecule has 1 aliphatic carbocycles. The summed E-state index contributed by atoms with van der Waals surface area (Å²) in [5, 5.41) is 0. The first-order valence-corrected chi connectivity index (χ1v) is 9.69. The van der Waals surface area contributed by atoms with Gasteiger partial charge in [-0.25, -0.2) is 8.78 Å². The second kappa shape index (κ2) is 8.27. The maximum absolute atomic E-state index is 14.0. The molecule has 2 aliphatic rings. The summed E-state index contributed by atoms with van der Waals surface area (Å²) in [5.41, 5.74) is 0.844. The van der Waals surface area contributed by atoms with Crippen molar-refractivity contribution in [3.8, 4) is 5.75 Å². The summed E-state index contributed by atoms with van der Waals surface area (Å²) in [6, 6.07) is 10.6. The first-order valence-electron chi connectivity index (χ1n) is 9.69. The quantitative estimate of drug-likeness (QED) is 0.710. The Morgan fingerprint density at radius 2 is 1.89 bits per heavy atom. The maximum Gasteiger partial charge on any atom is 0.254 e. The Kier molecular flexibility index (Phi) is 5.57. The van der Waals surface area contributed by atoms with Gasteiger partial charge in [-0.05, 0) is 56.0 Å². The first-order chi connectivity index (χ1) is 13.6. The van der Waals surface area contributed by atoms with Crippen LogP contribution in [0.15, 0.2) is 42.5 Å². The summed E-state index contributed by atoms with van der Waals surface area (Å²) in [6.07, 6.45) is 4.01. The molecule has 4 rings (SSSR count). The van der Waals surface area contributed by atoms with E-state index in [2.05, 4.69) is 0 Å². The van der Waals surface area contributed by atoms with Gasteiger partial charge >= 0.3 is 0 Å². The van der Waals surface area contributed by atoms with Crippen molar-refractivity contribution >= 4 is 5.91 Å². The van der Waals surface area contributed by atoms with Gasteiger partial charge in [0.2, 0.25) is 0 Å². The molecule has 1 unspecified atom stereocenters. The Morgan fingerprint density at radius 1 is 1.11 bits per heavy atom. The second-order valence-corrected chi connectivity index (χ2v) is 7.37. The normalized spacial score (nSPS) is 18.9. The standard InChI is InChI=1S/C22H23F2NO3/c23-17-6-3-16(21(24)12-17)13-25(18-7-8-18)22(26)15-4-9-19(10-5-15)28-14-20-2-1-11-27-20/h3-6,9-10,12,18,20H,1-2,7-8,11,13-14H2. The number of hydrogen-bond acceptors (Lipinski definition) is 3. The number of benzene rings is 2. The predicted octanol–water partition coefficient (Wildman–Crippen LogP) is 4.33. The third kappa shape index (κ3) is 4.50. The van der Waals surface area contributed by atoms with Gasteiger partial charge in [0.25, 0.3) is 5.91 Å². The molecule has 2 aromatic carbocycles. The molecule has 2 aromatic rings. The zero-order chi connectivity index (χ0) is 19.5. The summed E-state index contributed by atoms with van der Waals surface area (Å²) in [4.78, 5) is 14.6. The van der Waals surface area contributed by atoms with Gasteiger partial charge in [-0.2, -0.15) is 0 Å². The number of carbonyl (C=O) groups is 1. The van der Waals surface area contributed by atoms with Crippen molar-refractivity contribution in [2.45, 2.75) is 44.4 Å². The predicted molar refractivity (Wildman–Crippen MR) is 100 cm³/mol. The maximum atomic E-state index is 14.0. The fourth-order valence-corrected chi connectivity index (χ4v) is 3.41. The molecule has 6 heteroatoms. The number of amides is 1. The summed E-state index contributed by atoms with van der Waals surface area (Å²) < 4.78 is 38.4. The highest BCUT2D eigenvalue weighted by molar-refractivity contribution is 5.94. The average molecular weight is 387 g/mol. The minimum atomic E-state index is -0.628. The lowest BCUT2D eigenvalue weighted by Gasteiger charge is -2.23. The largest absolute Gasteiger partial charge is 0.491 e. The van der Waals surface area contributed by atoms with E-state index in [4.69, 9.17) is 9.47 Å². The van der Waals surface area contributed by atoms with E-state index >= 15 is 0 Å². The van der Waals surface area contributed by atoms with Crippen LogP contribution in [0.3, 0.4) is 0 Å². The monoisotopic (exact) mass is 387 g/mol. The summed E-state index contributed by atoms with van der Waals surface area (Å²) in [5.74, 6) is -0.716. The summed E-state index contributed by atoms with van der Waals surface area (Å²) in [6.45, 7) is 1.42. The lowest BCUT2D eigenvalue weighted by atomic mass is 10.1. The summed E-state index contributed by atoms with van der Waals surface area (Å²) in [7, 11) is 0. The number of nitrogens with zero attached hydrogens (tertiary/aromatic N) is 1. The molecule has 1 aliphatic heterocycles. The number of ether oxygens (including phenoxy) is 2. The lowest BCUT2D eigenvalue weighted by Crippen LogP contribution is -2.33. The molecule has 0 bridgehead atoms. The Bertz CT molecular complexity index is 830. The van der Waals surface area contributed by atoms with E-state index in [1.807, 2.05) is 0 Å². The van der Waals surface area contributed by atoms with Crippen LogP contribution in [0.4, 0.5) is 8.78 Å². The molecular weight excluding hydrogens is 364 g/mol. The van der Waals surface area contributed by atoms with Crippen molar-refractivity contribution in [3.63, 3.8) is 0 Å². The van der Waals surface area contributed by atoms with Gasteiger partial charge in [-0.1, -0.05) is 6.07 Å². The Hall–Kier alpha value is -2.47. The molecule has 0 spiro atoms. The van der Waals surface area contributed by atoms with Crippen LogP contribution in [0.1, 0.15) is 41.6 Å². The van der Waals surface area contributed by atoms with Crippen molar-refractivity contribution in [1.29, 1.82) is 0 Å². The van der Waals surface area contributed by atoms with Crippen LogP contribution < -0.4 is 4.74 Å². The lowest BCUT2D eigenvalue weighted by molar-refractivity contribution is 0.0678. The van der Waals surface area contributed by atoms with Gasteiger partial charge in [-0.3, -0.25) is 4.79 Å². The number of carbonyl (C=O) groups excluding carboxylic acids is 1. The molecule has 1 saturated carbocycles.